The van der Waals surface area contributed by atoms with Crippen molar-refractivity contribution < 1.29 is 4.79 Å². The third-order valence-corrected chi connectivity index (χ3v) is 2.35. The molecule has 1 aromatic heterocycles. The third-order valence-electron chi connectivity index (χ3n) is 2.05. The normalized spacial score (nSPS) is 11.3. The summed E-state index contributed by atoms with van der Waals surface area (Å²) >= 11 is 5.83. The molecule has 1 amide bonds. The molecule has 0 spiro atoms. The summed E-state index contributed by atoms with van der Waals surface area (Å²) in [5.74, 6) is -0.414. The SMILES string of the molecule is CC(C)(C(N)=O)c1cccnc1Cl. The van der Waals surface area contributed by atoms with Gasteiger partial charge in [-0.25, -0.2) is 4.98 Å². The van der Waals surface area contributed by atoms with Gasteiger partial charge >= 0.3 is 0 Å². The molecule has 2 N–H and O–H groups in total. The molecule has 0 aliphatic carbocycles. The Morgan fingerprint density at radius 3 is 2.69 bits per heavy atom. The van der Waals surface area contributed by atoms with E-state index in [1.165, 1.54) is 0 Å². The first-order valence-corrected chi connectivity index (χ1v) is 4.25. The number of pyridine rings is 1. The van der Waals surface area contributed by atoms with Crippen molar-refractivity contribution in [3.05, 3.63) is 29.0 Å². The van der Waals surface area contributed by atoms with Gasteiger partial charge in [0.05, 0.1) is 5.41 Å². The van der Waals surface area contributed by atoms with E-state index in [0.29, 0.717) is 10.7 Å². The molecule has 1 rings (SSSR count). The number of nitrogens with zero attached hydrogens (tertiary/aromatic N) is 1. The molecular weight excluding hydrogens is 188 g/mol. The summed E-state index contributed by atoms with van der Waals surface area (Å²) in [4.78, 5) is 15.0. The largest absolute Gasteiger partial charge is 0.369 e. The summed E-state index contributed by atoms with van der Waals surface area (Å²) in [6.07, 6.45) is 1.57. The Balaban J connectivity index is 3.22. The monoisotopic (exact) mass is 198 g/mol. The van der Waals surface area contributed by atoms with Crippen molar-refractivity contribution in [1.82, 2.24) is 4.98 Å². The highest BCUT2D eigenvalue weighted by atomic mass is 35.5. The van der Waals surface area contributed by atoms with Gasteiger partial charge in [-0.2, -0.15) is 0 Å². The Bertz CT molecular complexity index is 336. The lowest BCUT2D eigenvalue weighted by molar-refractivity contribution is -0.122. The number of hydrogen-bond acceptors (Lipinski definition) is 2. The van der Waals surface area contributed by atoms with Gasteiger partial charge in [-0.15, -0.1) is 0 Å². The summed E-state index contributed by atoms with van der Waals surface area (Å²) in [6.45, 7) is 3.44. The van der Waals surface area contributed by atoms with Crippen molar-refractivity contribution in [2.45, 2.75) is 19.3 Å². The predicted octanol–water partition coefficient (Wildman–Crippen LogP) is 1.50. The fourth-order valence-electron chi connectivity index (χ4n) is 0.985. The van der Waals surface area contributed by atoms with E-state index in [1.807, 2.05) is 0 Å². The highest BCUT2D eigenvalue weighted by Crippen LogP contribution is 2.27. The number of nitrogens with two attached hydrogens (primary N) is 1. The maximum atomic E-state index is 11.1. The van der Waals surface area contributed by atoms with Crippen LogP contribution in [0.5, 0.6) is 0 Å². The van der Waals surface area contributed by atoms with Crippen LogP contribution < -0.4 is 5.73 Å². The van der Waals surface area contributed by atoms with E-state index in [-0.39, 0.29) is 0 Å². The average Bonchev–Trinajstić information content (AvgIpc) is 2.04. The first-order chi connectivity index (χ1) is 5.96. The number of carbonyl (C=O) groups excluding carboxylic acids is 1. The van der Waals surface area contributed by atoms with Crippen molar-refractivity contribution >= 4 is 17.5 Å². The Morgan fingerprint density at radius 2 is 2.23 bits per heavy atom. The van der Waals surface area contributed by atoms with Crippen molar-refractivity contribution in [2.75, 3.05) is 0 Å². The summed E-state index contributed by atoms with van der Waals surface area (Å²) < 4.78 is 0. The Hall–Kier alpha value is -1.09. The molecular formula is C9H11ClN2O. The van der Waals surface area contributed by atoms with Gasteiger partial charge in [0.2, 0.25) is 5.91 Å². The highest BCUT2D eigenvalue weighted by Gasteiger charge is 2.29. The second-order valence-corrected chi connectivity index (χ2v) is 3.69. The molecule has 0 saturated carbocycles. The lowest BCUT2D eigenvalue weighted by Crippen LogP contribution is -2.35. The van der Waals surface area contributed by atoms with Crippen LogP contribution in [0.15, 0.2) is 18.3 Å². The van der Waals surface area contributed by atoms with Crippen molar-refractivity contribution in [3.8, 4) is 0 Å². The van der Waals surface area contributed by atoms with Gasteiger partial charge in [-0.1, -0.05) is 17.7 Å². The predicted molar refractivity (Wildman–Crippen MR) is 51.5 cm³/mol. The Morgan fingerprint density at radius 1 is 1.62 bits per heavy atom. The van der Waals surface area contributed by atoms with E-state index >= 15 is 0 Å². The van der Waals surface area contributed by atoms with Crippen LogP contribution in [0.3, 0.4) is 0 Å². The molecule has 1 aromatic rings. The van der Waals surface area contributed by atoms with E-state index in [2.05, 4.69) is 4.98 Å². The molecule has 3 nitrogen and oxygen atoms in total. The minimum absolute atomic E-state index is 0.325. The second-order valence-electron chi connectivity index (χ2n) is 3.33. The lowest BCUT2D eigenvalue weighted by Gasteiger charge is -2.21. The number of aromatic nitrogens is 1. The average molecular weight is 199 g/mol. The zero-order chi connectivity index (χ0) is 10.1. The second kappa shape index (κ2) is 3.34. The highest BCUT2D eigenvalue weighted by molar-refractivity contribution is 6.30. The van der Waals surface area contributed by atoms with Crippen LogP contribution in [0.25, 0.3) is 0 Å². The first-order valence-electron chi connectivity index (χ1n) is 3.87. The van der Waals surface area contributed by atoms with E-state index in [4.69, 9.17) is 17.3 Å². The lowest BCUT2D eigenvalue weighted by atomic mass is 9.85. The smallest absolute Gasteiger partial charge is 0.227 e. The number of rotatable bonds is 2. The van der Waals surface area contributed by atoms with Gasteiger partial charge in [0.15, 0.2) is 0 Å². The number of halogens is 1. The van der Waals surface area contributed by atoms with Crippen LogP contribution >= 0.6 is 11.6 Å². The molecule has 0 aliphatic heterocycles. The minimum Gasteiger partial charge on any atom is -0.369 e. The van der Waals surface area contributed by atoms with Gasteiger partial charge in [-0.05, 0) is 19.9 Å². The molecule has 0 unspecified atom stereocenters. The molecule has 0 atom stereocenters. The zero-order valence-electron chi connectivity index (χ0n) is 7.54. The Kier molecular flexibility index (Phi) is 2.57. The maximum absolute atomic E-state index is 11.1. The summed E-state index contributed by atoms with van der Waals surface area (Å²) in [7, 11) is 0. The number of amides is 1. The third kappa shape index (κ3) is 1.80. The molecule has 0 fully saturated rings. The van der Waals surface area contributed by atoms with Gasteiger partial charge in [0.1, 0.15) is 5.15 Å². The van der Waals surface area contributed by atoms with E-state index in [0.717, 1.165) is 0 Å². The quantitative estimate of drug-likeness (QED) is 0.733. The van der Waals surface area contributed by atoms with Crippen molar-refractivity contribution in [3.63, 3.8) is 0 Å². The number of primary amides is 1. The molecule has 0 bridgehead atoms. The summed E-state index contributed by atoms with van der Waals surface area (Å²) in [6, 6.07) is 3.48. The van der Waals surface area contributed by atoms with E-state index in [1.54, 1.807) is 32.2 Å². The zero-order valence-corrected chi connectivity index (χ0v) is 8.30. The number of carbonyl (C=O) groups is 1. The van der Waals surface area contributed by atoms with Crippen LogP contribution in [0.1, 0.15) is 19.4 Å². The fraction of sp³-hybridized carbons (Fsp3) is 0.333. The topological polar surface area (TPSA) is 56.0 Å². The van der Waals surface area contributed by atoms with Crippen LogP contribution in [-0.2, 0) is 10.2 Å². The van der Waals surface area contributed by atoms with Gasteiger partial charge in [0, 0.05) is 11.8 Å². The van der Waals surface area contributed by atoms with E-state index in [9.17, 15) is 4.79 Å². The van der Waals surface area contributed by atoms with Crippen LogP contribution in [-0.4, -0.2) is 10.9 Å². The molecule has 0 aromatic carbocycles. The molecule has 13 heavy (non-hydrogen) atoms. The Labute approximate surface area is 81.9 Å². The van der Waals surface area contributed by atoms with Crippen LogP contribution in [0.2, 0.25) is 5.15 Å². The van der Waals surface area contributed by atoms with Crippen molar-refractivity contribution in [2.24, 2.45) is 5.73 Å². The molecule has 4 heteroatoms. The van der Waals surface area contributed by atoms with E-state index < -0.39 is 11.3 Å². The van der Waals surface area contributed by atoms with Gasteiger partial charge < -0.3 is 5.73 Å². The standard InChI is InChI=1S/C9H11ClN2O/c1-9(2,8(11)13)6-4-3-5-12-7(6)10/h3-5H,1-2H3,(H2,11,13). The minimum atomic E-state index is -0.772. The van der Waals surface area contributed by atoms with Crippen LogP contribution in [0.4, 0.5) is 0 Å². The van der Waals surface area contributed by atoms with Gasteiger partial charge in [0.25, 0.3) is 0 Å². The summed E-state index contributed by atoms with van der Waals surface area (Å²) in [5, 5.41) is 0.325. The van der Waals surface area contributed by atoms with Crippen LogP contribution in [0, 0.1) is 0 Å². The molecule has 0 saturated heterocycles. The molecule has 0 aliphatic rings. The molecule has 0 radical (unpaired) electrons. The fourth-order valence-corrected chi connectivity index (χ4v) is 1.34. The molecule has 1 heterocycles. The first kappa shape index (κ1) is 9.99. The van der Waals surface area contributed by atoms with Crippen molar-refractivity contribution in [1.29, 1.82) is 0 Å². The molecule has 70 valence electrons. The summed E-state index contributed by atoms with van der Waals surface area (Å²) in [5.41, 5.74) is 5.13. The number of hydrogen-bond donors (Lipinski definition) is 1. The van der Waals surface area contributed by atoms with Gasteiger partial charge in [-0.3, -0.25) is 4.79 Å². The maximum Gasteiger partial charge on any atom is 0.227 e.